The number of ether oxygens (including phenoxy) is 1. The molecule has 0 unspecified atom stereocenters. The van der Waals surface area contributed by atoms with Gasteiger partial charge in [0, 0.05) is 6.42 Å². The van der Waals surface area contributed by atoms with Gasteiger partial charge in [-0.3, -0.25) is 0 Å². The summed E-state index contributed by atoms with van der Waals surface area (Å²) in [7, 11) is 0. The molecule has 0 N–H and O–H groups in total. The summed E-state index contributed by atoms with van der Waals surface area (Å²) < 4.78 is 32.6. The van der Waals surface area contributed by atoms with Gasteiger partial charge in [-0.2, -0.15) is 0 Å². The van der Waals surface area contributed by atoms with Crippen LogP contribution in [-0.2, 0) is 4.74 Å². The molecule has 0 spiro atoms. The first kappa shape index (κ1) is 19.1. The predicted octanol–water partition coefficient (Wildman–Crippen LogP) is 6.60. The van der Waals surface area contributed by atoms with Crippen LogP contribution in [0.4, 0.5) is 8.78 Å². The lowest BCUT2D eigenvalue weighted by Crippen LogP contribution is -2.32. The highest BCUT2D eigenvalue weighted by molar-refractivity contribution is 4.82. The average Bonchev–Trinajstić information content (AvgIpc) is 2.55. The Balaban J connectivity index is 1.64. The van der Waals surface area contributed by atoms with Gasteiger partial charge in [0.1, 0.15) is 6.61 Å². The third-order valence-electron chi connectivity index (χ3n) is 6.12. The zero-order chi connectivity index (χ0) is 16.7. The first-order chi connectivity index (χ1) is 11.0. The normalized spacial score (nSPS) is 32.9. The molecule has 3 heteroatoms. The second-order valence-corrected chi connectivity index (χ2v) is 8.02. The van der Waals surface area contributed by atoms with Gasteiger partial charge in [-0.15, -0.1) is 0 Å². The van der Waals surface area contributed by atoms with Crippen molar-refractivity contribution in [2.24, 2.45) is 17.8 Å². The van der Waals surface area contributed by atoms with E-state index in [0.29, 0.717) is 6.42 Å². The van der Waals surface area contributed by atoms with Crippen LogP contribution in [0.1, 0.15) is 90.9 Å². The lowest BCUT2D eigenvalue weighted by molar-refractivity contribution is -0.113. The molecule has 0 atom stereocenters. The smallest absolute Gasteiger partial charge is 0.270 e. The molecule has 136 valence electrons. The van der Waals surface area contributed by atoms with Gasteiger partial charge in [-0.05, 0) is 56.3 Å². The SMILES string of the molecule is CCCC1CCC(C2CCC(OCC(F)(F)CCC)CC2)CC1. The number of alkyl halides is 2. The summed E-state index contributed by atoms with van der Waals surface area (Å²) in [6.45, 7) is 3.71. The van der Waals surface area contributed by atoms with E-state index in [9.17, 15) is 8.78 Å². The molecule has 2 rings (SSSR count). The van der Waals surface area contributed by atoms with Gasteiger partial charge in [0.15, 0.2) is 0 Å². The molecule has 0 aromatic rings. The second-order valence-electron chi connectivity index (χ2n) is 8.02. The van der Waals surface area contributed by atoms with Crippen LogP contribution in [0.2, 0.25) is 0 Å². The van der Waals surface area contributed by atoms with Gasteiger partial charge in [0.2, 0.25) is 0 Å². The molecule has 0 bridgehead atoms. The number of halogens is 2. The molecule has 2 aliphatic carbocycles. The number of hydrogen-bond donors (Lipinski definition) is 0. The number of hydrogen-bond acceptors (Lipinski definition) is 1. The third kappa shape index (κ3) is 6.32. The Morgan fingerprint density at radius 1 is 0.826 bits per heavy atom. The Morgan fingerprint density at radius 3 is 1.91 bits per heavy atom. The van der Waals surface area contributed by atoms with Gasteiger partial charge in [-0.1, -0.05) is 46.0 Å². The summed E-state index contributed by atoms with van der Waals surface area (Å²) in [4.78, 5) is 0. The van der Waals surface area contributed by atoms with Crippen LogP contribution in [0.15, 0.2) is 0 Å². The Labute approximate surface area is 141 Å². The Kier molecular flexibility index (Phi) is 7.78. The van der Waals surface area contributed by atoms with Crippen molar-refractivity contribution in [1.82, 2.24) is 0 Å². The van der Waals surface area contributed by atoms with Crippen molar-refractivity contribution in [2.75, 3.05) is 6.61 Å². The molecule has 0 radical (unpaired) electrons. The average molecular weight is 331 g/mol. The molecule has 0 heterocycles. The van der Waals surface area contributed by atoms with Crippen molar-refractivity contribution in [3.05, 3.63) is 0 Å². The molecule has 0 aromatic carbocycles. The van der Waals surface area contributed by atoms with Crippen molar-refractivity contribution in [1.29, 1.82) is 0 Å². The minimum absolute atomic E-state index is 0.0522. The fourth-order valence-corrected chi connectivity index (χ4v) is 4.76. The third-order valence-corrected chi connectivity index (χ3v) is 6.12. The molecule has 0 aliphatic heterocycles. The molecule has 0 aromatic heterocycles. The molecule has 2 saturated carbocycles. The fraction of sp³-hybridized carbons (Fsp3) is 1.00. The monoisotopic (exact) mass is 330 g/mol. The van der Waals surface area contributed by atoms with E-state index in [1.165, 1.54) is 51.4 Å². The molecule has 2 fully saturated rings. The highest BCUT2D eigenvalue weighted by Gasteiger charge is 2.33. The highest BCUT2D eigenvalue weighted by atomic mass is 19.3. The van der Waals surface area contributed by atoms with Crippen molar-refractivity contribution in [2.45, 2.75) is 103 Å². The molecule has 2 aliphatic rings. The van der Waals surface area contributed by atoms with E-state index in [2.05, 4.69) is 6.92 Å². The van der Waals surface area contributed by atoms with Gasteiger partial charge in [-0.25, -0.2) is 8.78 Å². The quantitative estimate of drug-likeness (QED) is 0.487. The van der Waals surface area contributed by atoms with Crippen LogP contribution in [0, 0.1) is 17.8 Å². The van der Waals surface area contributed by atoms with Crippen LogP contribution in [0.5, 0.6) is 0 Å². The van der Waals surface area contributed by atoms with Crippen LogP contribution >= 0.6 is 0 Å². The van der Waals surface area contributed by atoms with E-state index < -0.39 is 5.92 Å². The van der Waals surface area contributed by atoms with E-state index in [-0.39, 0.29) is 19.1 Å². The van der Waals surface area contributed by atoms with Crippen LogP contribution < -0.4 is 0 Å². The molecular formula is C20H36F2O. The molecule has 0 amide bonds. The highest BCUT2D eigenvalue weighted by Crippen LogP contribution is 2.41. The lowest BCUT2D eigenvalue weighted by atomic mass is 9.70. The largest absolute Gasteiger partial charge is 0.372 e. The first-order valence-electron chi connectivity index (χ1n) is 10.0. The topological polar surface area (TPSA) is 9.23 Å². The fourth-order valence-electron chi connectivity index (χ4n) is 4.76. The maximum atomic E-state index is 13.5. The summed E-state index contributed by atoms with van der Waals surface area (Å²) in [5.74, 6) is 0.0550. The maximum absolute atomic E-state index is 13.5. The van der Waals surface area contributed by atoms with Gasteiger partial charge in [0.05, 0.1) is 6.10 Å². The minimum atomic E-state index is -2.64. The summed E-state index contributed by atoms with van der Waals surface area (Å²) in [5, 5.41) is 0. The van der Waals surface area contributed by atoms with Gasteiger partial charge in [0.25, 0.3) is 5.92 Å². The van der Waals surface area contributed by atoms with E-state index >= 15 is 0 Å². The first-order valence-corrected chi connectivity index (χ1v) is 10.0. The van der Waals surface area contributed by atoms with Gasteiger partial charge < -0.3 is 4.74 Å². The van der Waals surface area contributed by atoms with Crippen molar-refractivity contribution < 1.29 is 13.5 Å². The maximum Gasteiger partial charge on any atom is 0.270 e. The molecule has 23 heavy (non-hydrogen) atoms. The van der Waals surface area contributed by atoms with Crippen LogP contribution in [-0.4, -0.2) is 18.6 Å². The summed E-state index contributed by atoms with van der Waals surface area (Å²) in [6, 6.07) is 0. The van der Waals surface area contributed by atoms with Crippen molar-refractivity contribution in [3.63, 3.8) is 0 Å². The Hall–Kier alpha value is -0.180. The second kappa shape index (κ2) is 9.34. The van der Waals surface area contributed by atoms with Crippen LogP contribution in [0.3, 0.4) is 0 Å². The Morgan fingerprint density at radius 2 is 1.39 bits per heavy atom. The van der Waals surface area contributed by atoms with E-state index in [4.69, 9.17) is 4.74 Å². The van der Waals surface area contributed by atoms with Crippen molar-refractivity contribution in [3.8, 4) is 0 Å². The Bertz CT molecular complexity index is 316. The molecule has 1 nitrogen and oxygen atoms in total. The van der Waals surface area contributed by atoms with E-state index in [0.717, 1.165) is 30.6 Å². The summed E-state index contributed by atoms with van der Waals surface area (Å²) >= 11 is 0. The zero-order valence-corrected chi connectivity index (χ0v) is 15.2. The molecule has 0 saturated heterocycles. The zero-order valence-electron chi connectivity index (χ0n) is 15.2. The minimum Gasteiger partial charge on any atom is -0.372 e. The molecular weight excluding hydrogens is 294 g/mol. The van der Waals surface area contributed by atoms with E-state index in [1.54, 1.807) is 6.92 Å². The summed E-state index contributed by atoms with van der Waals surface area (Å²) in [5.41, 5.74) is 0. The predicted molar refractivity (Wildman–Crippen MR) is 91.9 cm³/mol. The lowest BCUT2D eigenvalue weighted by Gasteiger charge is -2.38. The summed E-state index contributed by atoms with van der Waals surface area (Å²) in [6.07, 6.45) is 13.2. The number of rotatable bonds is 8. The standard InChI is InChI=1S/C20H36F2O/c1-3-5-16-6-8-17(9-7-16)18-10-12-19(13-11-18)23-15-20(21,22)14-4-2/h16-19H,3-15H2,1-2H3. The van der Waals surface area contributed by atoms with Crippen LogP contribution in [0.25, 0.3) is 0 Å². The van der Waals surface area contributed by atoms with Gasteiger partial charge >= 0.3 is 0 Å². The van der Waals surface area contributed by atoms with E-state index in [1.807, 2.05) is 0 Å². The van der Waals surface area contributed by atoms with Crippen molar-refractivity contribution >= 4 is 0 Å².